The standard InChI is InChI=1S/C22H36N2O4/c1-15(2)7-8-17-21(3,28-17)20-19(26-6)16(9-10-22(20)14-27-22)13-18(25)23-11-12-24(4)5/h7,13,17,19-20H,8-12,14H2,1-6H3,(H,23,25)/b16-13-/t17-,19-,20-,21?,22+/m1/s1. The molecule has 28 heavy (non-hydrogen) atoms. The number of likely N-dealkylation sites (N-methyl/N-ethyl adjacent to an activating group) is 1. The second-order valence-corrected chi connectivity index (χ2v) is 9.11. The first kappa shape index (κ1) is 21.5. The third-order valence-electron chi connectivity index (χ3n) is 6.35. The zero-order valence-electron chi connectivity index (χ0n) is 18.2. The van der Waals surface area contributed by atoms with Crippen molar-refractivity contribution in [2.45, 2.75) is 63.4 Å². The third-order valence-corrected chi connectivity index (χ3v) is 6.35. The van der Waals surface area contributed by atoms with Crippen LogP contribution >= 0.6 is 0 Å². The molecule has 0 aromatic heterocycles. The summed E-state index contributed by atoms with van der Waals surface area (Å²) in [7, 11) is 5.72. The van der Waals surface area contributed by atoms with Gasteiger partial charge in [-0.1, -0.05) is 11.6 Å². The number of epoxide rings is 2. The molecular formula is C22H36N2O4. The maximum absolute atomic E-state index is 12.4. The monoisotopic (exact) mass is 392 g/mol. The number of amides is 1. The van der Waals surface area contributed by atoms with E-state index >= 15 is 0 Å². The quantitative estimate of drug-likeness (QED) is 0.390. The van der Waals surface area contributed by atoms with Crippen LogP contribution in [-0.2, 0) is 19.0 Å². The van der Waals surface area contributed by atoms with Crippen LogP contribution in [0.2, 0.25) is 0 Å². The lowest BCUT2D eigenvalue weighted by molar-refractivity contribution is -0.116. The first-order valence-corrected chi connectivity index (χ1v) is 10.3. The fourth-order valence-electron chi connectivity index (χ4n) is 4.62. The Morgan fingerprint density at radius 3 is 2.68 bits per heavy atom. The highest BCUT2D eigenvalue weighted by atomic mass is 16.6. The lowest BCUT2D eigenvalue weighted by Gasteiger charge is -2.40. The number of hydrogen-bond donors (Lipinski definition) is 1. The molecule has 0 aromatic rings. The summed E-state index contributed by atoms with van der Waals surface area (Å²) >= 11 is 0. The van der Waals surface area contributed by atoms with Gasteiger partial charge in [-0.15, -0.1) is 0 Å². The van der Waals surface area contributed by atoms with Crippen LogP contribution in [0.1, 0.15) is 40.0 Å². The topological polar surface area (TPSA) is 66.6 Å². The van der Waals surface area contributed by atoms with Crippen molar-refractivity contribution in [2.24, 2.45) is 5.92 Å². The second kappa shape index (κ2) is 8.27. The molecular weight excluding hydrogens is 356 g/mol. The van der Waals surface area contributed by atoms with Crippen LogP contribution in [0.3, 0.4) is 0 Å². The molecule has 6 nitrogen and oxygen atoms in total. The number of methoxy groups -OCH3 is 1. The van der Waals surface area contributed by atoms with E-state index in [0.717, 1.165) is 38.0 Å². The Bertz CT molecular complexity index is 649. The highest BCUT2D eigenvalue weighted by Crippen LogP contribution is 2.60. The predicted molar refractivity (Wildman–Crippen MR) is 109 cm³/mol. The molecule has 2 saturated heterocycles. The van der Waals surface area contributed by atoms with Crippen molar-refractivity contribution >= 4 is 5.91 Å². The molecule has 5 atom stereocenters. The molecule has 6 heteroatoms. The minimum absolute atomic E-state index is 0.0479. The average molecular weight is 393 g/mol. The van der Waals surface area contributed by atoms with Crippen LogP contribution in [0.5, 0.6) is 0 Å². The van der Waals surface area contributed by atoms with E-state index < -0.39 is 0 Å². The van der Waals surface area contributed by atoms with E-state index in [4.69, 9.17) is 14.2 Å². The number of rotatable bonds is 8. The minimum atomic E-state index is -0.274. The summed E-state index contributed by atoms with van der Waals surface area (Å²) in [5.41, 5.74) is 1.92. The number of allylic oxidation sites excluding steroid dienone is 1. The van der Waals surface area contributed by atoms with E-state index in [2.05, 4.69) is 32.2 Å². The van der Waals surface area contributed by atoms with Gasteiger partial charge in [0.25, 0.3) is 0 Å². The van der Waals surface area contributed by atoms with Crippen molar-refractivity contribution in [1.82, 2.24) is 10.2 Å². The summed E-state index contributed by atoms with van der Waals surface area (Å²) in [5.74, 6) is 0.0587. The molecule has 1 amide bonds. The molecule has 2 heterocycles. The van der Waals surface area contributed by atoms with Crippen LogP contribution in [-0.4, -0.2) is 75.1 Å². The molecule has 158 valence electrons. The summed E-state index contributed by atoms with van der Waals surface area (Å²) in [6.45, 7) is 8.61. The van der Waals surface area contributed by atoms with Gasteiger partial charge in [0.05, 0.1) is 24.7 Å². The Morgan fingerprint density at radius 1 is 1.39 bits per heavy atom. The smallest absolute Gasteiger partial charge is 0.244 e. The average Bonchev–Trinajstić information content (AvgIpc) is 3.52. The van der Waals surface area contributed by atoms with Crippen molar-refractivity contribution in [3.05, 3.63) is 23.3 Å². The van der Waals surface area contributed by atoms with Crippen molar-refractivity contribution in [3.63, 3.8) is 0 Å². The number of hydrogen-bond acceptors (Lipinski definition) is 5. The largest absolute Gasteiger partial charge is 0.377 e. The molecule has 2 aliphatic heterocycles. The summed E-state index contributed by atoms with van der Waals surface area (Å²) in [6, 6.07) is 0. The number of carbonyl (C=O) groups excluding carboxylic acids is 1. The van der Waals surface area contributed by atoms with Gasteiger partial charge >= 0.3 is 0 Å². The van der Waals surface area contributed by atoms with Gasteiger partial charge in [0.2, 0.25) is 5.91 Å². The van der Waals surface area contributed by atoms with Crippen molar-refractivity contribution in [1.29, 1.82) is 0 Å². The molecule has 3 fully saturated rings. The summed E-state index contributed by atoms with van der Waals surface area (Å²) in [6.07, 6.45) is 6.65. The van der Waals surface area contributed by atoms with Crippen LogP contribution in [0.4, 0.5) is 0 Å². The normalized spacial score (nSPS) is 38.0. The Hall–Kier alpha value is -1.21. The Morgan fingerprint density at radius 2 is 2.11 bits per heavy atom. The van der Waals surface area contributed by atoms with E-state index in [0.29, 0.717) is 6.54 Å². The molecule has 0 radical (unpaired) electrons. The van der Waals surface area contributed by atoms with Crippen molar-refractivity contribution in [3.8, 4) is 0 Å². The fourth-order valence-corrected chi connectivity index (χ4v) is 4.62. The molecule has 0 bridgehead atoms. The van der Waals surface area contributed by atoms with Gasteiger partial charge in [0.15, 0.2) is 0 Å². The summed E-state index contributed by atoms with van der Waals surface area (Å²) < 4.78 is 18.1. The summed E-state index contributed by atoms with van der Waals surface area (Å²) in [4.78, 5) is 14.5. The molecule has 1 aliphatic carbocycles. The number of nitrogens with one attached hydrogen (secondary N) is 1. The zero-order chi connectivity index (χ0) is 20.5. The molecule has 3 aliphatic rings. The maximum atomic E-state index is 12.4. The lowest BCUT2D eigenvalue weighted by Crippen LogP contribution is -2.50. The lowest BCUT2D eigenvalue weighted by atomic mass is 9.67. The van der Waals surface area contributed by atoms with Gasteiger partial charge in [-0.2, -0.15) is 0 Å². The van der Waals surface area contributed by atoms with Gasteiger partial charge in [-0.05, 0) is 59.7 Å². The molecule has 1 unspecified atom stereocenters. The van der Waals surface area contributed by atoms with Crippen molar-refractivity contribution < 1.29 is 19.0 Å². The number of nitrogens with zero attached hydrogens (tertiary/aromatic N) is 1. The van der Waals surface area contributed by atoms with Crippen molar-refractivity contribution in [2.75, 3.05) is 40.9 Å². The van der Waals surface area contributed by atoms with Gasteiger partial charge < -0.3 is 24.4 Å². The molecule has 1 saturated carbocycles. The molecule has 1 spiro atoms. The second-order valence-electron chi connectivity index (χ2n) is 9.11. The first-order valence-electron chi connectivity index (χ1n) is 10.3. The third kappa shape index (κ3) is 4.51. The minimum Gasteiger partial charge on any atom is -0.377 e. The molecule has 1 N–H and O–H groups in total. The molecule has 3 rings (SSSR count). The van der Waals surface area contributed by atoms with E-state index in [1.807, 2.05) is 19.0 Å². The fraction of sp³-hybridized carbons (Fsp3) is 0.773. The van der Waals surface area contributed by atoms with E-state index in [9.17, 15) is 4.79 Å². The van der Waals surface area contributed by atoms with Gasteiger partial charge in [-0.25, -0.2) is 0 Å². The van der Waals surface area contributed by atoms with Crippen LogP contribution < -0.4 is 5.32 Å². The number of ether oxygens (including phenoxy) is 3. The first-order chi connectivity index (χ1) is 13.2. The SMILES string of the molecule is CO[C@@H]1/C(=C\C(=O)NCCN(C)C)CC[C@]2(CO2)[C@H]1C1(C)O[C@@H]1CC=C(C)C. The van der Waals surface area contributed by atoms with Crippen LogP contribution in [0.25, 0.3) is 0 Å². The summed E-state index contributed by atoms with van der Waals surface area (Å²) in [5, 5.41) is 2.97. The Balaban J connectivity index is 1.73. The Kier molecular flexibility index (Phi) is 6.35. The van der Waals surface area contributed by atoms with Gasteiger partial charge in [-0.3, -0.25) is 4.79 Å². The highest BCUT2D eigenvalue weighted by Gasteiger charge is 2.71. The maximum Gasteiger partial charge on any atom is 0.244 e. The van der Waals surface area contributed by atoms with E-state index in [1.54, 1.807) is 13.2 Å². The zero-order valence-corrected chi connectivity index (χ0v) is 18.2. The van der Waals surface area contributed by atoms with E-state index in [-0.39, 0.29) is 35.2 Å². The predicted octanol–water partition coefficient (Wildman–Crippen LogP) is 2.30. The van der Waals surface area contributed by atoms with Crippen LogP contribution in [0.15, 0.2) is 23.3 Å². The molecule has 0 aromatic carbocycles. The van der Waals surface area contributed by atoms with E-state index in [1.165, 1.54) is 5.57 Å². The van der Waals surface area contributed by atoms with Gasteiger partial charge in [0.1, 0.15) is 11.2 Å². The van der Waals surface area contributed by atoms with Crippen LogP contribution in [0, 0.1) is 5.92 Å². The highest BCUT2D eigenvalue weighted by molar-refractivity contribution is 5.88. The van der Waals surface area contributed by atoms with Gasteiger partial charge in [0, 0.05) is 26.3 Å². The number of carbonyl (C=O) groups is 1. The Labute approximate surface area is 169 Å².